The summed E-state index contributed by atoms with van der Waals surface area (Å²) in [6.07, 6.45) is 3.60. The predicted molar refractivity (Wildman–Crippen MR) is 164 cm³/mol. The third kappa shape index (κ3) is 7.26. The lowest BCUT2D eigenvalue weighted by molar-refractivity contribution is -0.114. The number of amides is 2. The van der Waals surface area contributed by atoms with Gasteiger partial charge in [0, 0.05) is 25.7 Å². The molecule has 0 unspecified atom stereocenters. The Balaban J connectivity index is 1.53. The number of allylic oxidation sites excluding steroid dienone is 1. The van der Waals surface area contributed by atoms with E-state index in [4.69, 9.17) is 0 Å². The average Bonchev–Trinajstić information content (AvgIpc) is 2.99. The number of rotatable bonds is 9. The number of nitrogens with one attached hydrogen (secondary N) is 1. The first-order valence-corrected chi connectivity index (χ1v) is 14.7. The molecule has 0 aliphatic rings. The second-order valence-electron chi connectivity index (χ2n) is 9.59. The summed E-state index contributed by atoms with van der Waals surface area (Å²) in [4.78, 5) is 25.8. The maximum Gasteiger partial charge on any atom is 0.264 e. The Hall–Kier alpha value is -4.75. The summed E-state index contributed by atoms with van der Waals surface area (Å²) >= 11 is 0. The van der Waals surface area contributed by atoms with E-state index in [1.807, 2.05) is 65.4 Å². The van der Waals surface area contributed by atoms with Crippen LogP contribution < -0.4 is 4.72 Å². The van der Waals surface area contributed by atoms with Crippen LogP contribution in [0.15, 0.2) is 120 Å². The van der Waals surface area contributed by atoms with Gasteiger partial charge in [0.15, 0.2) is 0 Å². The molecule has 0 saturated carbocycles. The Bertz CT molecular complexity index is 1670. The number of nitrogens with zero attached hydrogens (tertiary/aromatic N) is 1. The first-order chi connectivity index (χ1) is 19.7. The molecule has 2 amide bonds. The van der Waals surface area contributed by atoms with Gasteiger partial charge in [-0.3, -0.25) is 9.59 Å². The van der Waals surface area contributed by atoms with Crippen molar-refractivity contribution in [1.29, 1.82) is 0 Å². The first-order valence-electron chi connectivity index (χ1n) is 13.2. The summed E-state index contributed by atoms with van der Waals surface area (Å²) in [6.45, 7) is 2.15. The Morgan fingerprint density at radius 2 is 1.22 bits per heavy atom. The van der Waals surface area contributed by atoms with Gasteiger partial charge in [0.2, 0.25) is 0 Å². The number of carbonyl (C=O) groups is 2. The number of sulfonamides is 1. The molecule has 4 aromatic carbocycles. The number of hydrogen-bond acceptors (Lipinski definition) is 4. The van der Waals surface area contributed by atoms with Crippen molar-refractivity contribution in [2.24, 2.45) is 0 Å². The molecule has 0 atom stereocenters. The van der Waals surface area contributed by atoms with Crippen molar-refractivity contribution < 1.29 is 18.0 Å². The second-order valence-corrected chi connectivity index (χ2v) is 11.3. The molecule has 4 aromatic rings. The second kappa shape index (κ2) is 13.1. The molecular formula is C34H32N2O4S. The predicted octanol–water partition coefficient (Wildman–Crippen LogP) is 6.28. The molecule has 0 fully saturated rings. The quantitative estimate of drug-likeness (QED) is 0.192. The van der Waals surface area contributed by atoms with E-state index in [-0.39, 0.29) is 10.8 Å². The highest BCUT2D eigenvalue weighted by Crippen LogP contribution is 2.34. The maximum absolute atomic E-state index is 12.7. The van der Waals surface area contributed by atoms with Crippen LogP contribution in [-0.2, 0) is 14.8 Å². The van der Waals surface area contributed by atoms with Gasteiger partial charge in [-0.2, -0.15) is 0 Å². The molecular weight excluding hydrogens is 532 g/mol. The fourth-order valence-corrected chi connectivity index (χ4v) is 5.42. The molecule has 0 aliphatic carbocycles. The molecule has 1 N–H and O–H groups in total. The smallest absolute Gasteiger partial charge is 0.264 e. The molecule has 0 radical (unpaired) electrons. The van der Waals surface area contributed by atoms with Crippen LogP contribution in [-0.4, -0.2) is 39.2 Å². The van der Waals surface area contributed by atoms with E-state index in [1.165, 1.54) is 40.8 Å². The highest BCUT2D eigenvalue weighted by atomic mass is 32.2. The van der Waals surface area contributed by atoms with Crippen LogP contribution in [0.5, 0.6) is 0 Å². The summed E-state index contributed by atoms with van der Waals surface area (Å²) in [5.74, 6) is -1.02. The molecule has 6 nitrogen and oxygen atoms in total. The minimum absolute atomic E-state index is 0.107. The molecule has 7 heteroatoms. The Kier molecular flexibility index (Phi) is 9.32. The van der Waals surface area contributed by atoms with Crippen LogP contribution in [0.25, 0.3) is 17.2 Å². The highest BCUT2D eigenvalue weighted by Gasteiger charge is 2.18. The van der Waals surface area contributed by atoms with Crippen LogP contribution in [0.4, 0.5) is 0 Å². The van der Waals surface area contributed by atoms with Crippen molar-refractivity contribution in [1.82, 2.24) is 9.62 Å². The van der Waals surface area contributed by atoms with Gasteiger partial charge >= 0.3 is 0 Å². The number of hydrogen-bond donors (Lipinski definition) is 1. The van der Waals surface area contributed by atoms with E-state index in [0.717, 1.165) is 34.2 Å². The van der Waals surface area contributed by atoms with Crippen LogP contribution in [0.1, 0.15) is 46.0 Å². The lowest BCUT2D eigenvalue weighted by Gasteiger charge is -2.16. The summed E-state index contributed by atoms with van der Waals surface area (Å²) in [6, 6.07) is 33.8. The van der Waals surface area contributed by atoms with Crippen molar-refractivity contribution >= 4 is 39.1 Å². The summed E-state index contributed by atoms with van der Waals surface area (Å²) < 4.78 is 27.4. The third-order valence-electron chi connectivity index (χ3n) is 6.52. The molecule has 0 heterocycles. The monoisotopic (exact) mass is 564 g/mol. The first kappa shape index (κ1) is 29.2. The van der Waals surface area contributed by atoms with Crippen molar-refractivity contribution in [3.05, 3.63) is 143 Å². The van der Waals surface area contributed by atoms with Crippen molar-refractivity contribution in [2.75, 3.05) is 14.1 Å². The number of carbonyl (C=O) groups excluding carboxylic acids is 2. The third-order valence-corrected chi connectivity index (χ3v) is 7.88. The molecule has 0 aromatic heterocycles. The minimum Gasteiger partial charge on any atom is -0.345 e. The van der Waals surface area contributed by atoms with Gasteiger partial charge in [-0.15, -0.1) is 0 Å². The van der Waals surface area contributed by atoms with Gasteiger partial charge in [0.05, 0.1) is 4.90 Å². The van der Waals surface area contributed by atoms with Crippen LogP contribution in [0.3, 0.4) is 0 Å². The average molecular weight is 565 g/mol. The van der Waals surface area contributed by atoms with E-state index in [9.17, 15) is 18.0 Å². The largest absolute Gasteiger partial charge is 0.345 e. The Labute approximate surface area is 241 Å². The van der Waals surface area contributed by atoms with Gasteiger partial charge in [0.25, 0.3) is 21.8 Å². The van der Waals surface area contributed by atoms with E-state index < -0.39 is 15.9 Å². The molecule has 208 valence electrons. The molecule has 0 aliphatic heterocycles. The lowest BCUT2D eigenvalue weighted by Crippen LogP contribution is -2.29. The molecule has 4 rings (SSSR count). The highest BCUT2D eigenvalue weighted by molar-refractivity contribution is 7.90. The van der Waals surface area contributed by atoms with Crippen LogP contribution in [0, 0.1) is 0 Å². The molecule has 0 bridgehead atoms. The maximum atomic E-state index is 12.7. The molecule has 41 heavy (non-hydrogen) atoms. The zero-order valence-corrected chi connectivity index (χ0v) is 24.1. The van der Waals surface area contributed by atoms with Crippen molar-refractivity contribution in [3.63, 3.8) is 0 Å². The zero-order chi connectivity index (χ0) is 29.4. The van der Waals surface area contributed by atoms with Crippen molar-refractivity contribution in [3.8, 4) is 0 Å². The fraction of sp³-hybridized carbons (Fsp3) is 0.118. The standard InChI is InChI=1S/C34H32N2O4S/c1-4-31(26-11-7-5-8-12-26)33(27-13-9-6-10-14-27)28-18-15-25(16-19-28)17-24-32(37)35-41(39,40)30-22-20-29(21-23-30)34(38)36(2)3/h5-24H,4H2,1-3H3,(H,35,37)/b24-17+,33-31-. The Morgan fingerprint density at radius 3 is 1.76 bits per heavy atom. The Morgan fingerprint density at radius 1 is 0.707 bits per heavy atom. The topological polar surface area (TPSA) is 83.5 Å². The lowest BCUT2D eigenvalue weighted by atomic mass is 9.88. The van der Waals surface area contributed by atoms with E-state index in [1.54, 1.807) is 20.2 Å². The number of benzene rings is 4. The minimum atomic E-state index is -4.10. The summed E-state index contributed by atoms with van der Waals surface area (Å²) in [7, 11) is -0.875. The molecule has 0 spiro atoms. The van der Waals surface area contributed by atoms with Gasteiger partial charge in [-0.1, -0.05) is 91.9 Å². The fourth-order valence-electron chi connectivity index (χ4n) is 4.48. The van der Waals surface area contributed by atoms with Gasteiger partial charge in [-0.05, 0) is 70.2 Å². The van der Waals surface area contributed by atoms with Gasteiger partial charge in [-0.25, -0.2) is 13.1 Å². The van der Waals surface area contributed by atoms with Crippen LogP contribution >= 0.6 is 0 Å². The normalized spacial score (nSPS) is 12.1. The van der Waals surface area contributed by atoms with Gasteiger partial charge in [0.1, 0.15) is 0 Å². The van der Waals surface area contributed by atoms with Crippen molar-refractivity contribution in [2.45, 2.75) is 18.2 Å². The van der Waals surface area contributed by atoms with E-state index in [0.29, 0.717) is 5.56 Å². The van der Waals surface area contributed by atoms with Gasteiger partial charge < -0.3 is 4.90 Å². The zero-order valence-electron chi connectivity index (χ0n) is 23.2. The molecule has 0 saturated heterocycles. The summed E-state index contributed by atoms with van der Waals surface area (Å²) in [5, 5.41) is 0. The summed E-state index contributed by atoms with van der Waals surface area (Å²) in [5.41, 5.74) is 6.77. The van der Waals surface area contributed by atoms with E-state index in [2.05, 4.69) is 31.2 Å². The SMILES string of the molecule is CC/C(=C(\c1ccccc1)c1ccc(/C=C/C(=O)NS(=O)(=O)c2ccc(C(=O)N(C)C)cc2)cc1)c1ccccc1. The van der Waals surface area contributed by atoms with E-state index >= 15 is 0 Å². The van der Waals surface area contributed by atoms with Crippen LogP contribution in [0.2, 0.25) is 0 Å².